The van der Waals surface area contributed by atoms with Crippen molar-refractivity contribution >= 4 is 58.0 Å². The lowest BCUT2D eigenvalue weighted by Gasteiger charge is -2.34. The predicted molar refractivity (Wildman–Crippen MR) is 89.9 cm³/mol. The van der Waals surface area contributed by atoms with Gasteiger partial charge in [0.05, 0.1) is 6.54 Å². The van der Waals surface area contributed by atoms with Crippen LogP contribution in [-0.4, -0.2) is 29.0 Å². The first-order valence-electron chi connectivity index (χ1n) is 6.20. The average Bonchev–Trinajstić information content (AvgIpc) is 2.91. The molecule has 0 aliphatic rings. The van der Waals surface area contributed by atoms with E-state index in [0.29, 0.717) is 10.6 Å². The van der Waals surface area contributed by atoms with E-state index in [2.05, 4.69) is 10.1 Å². The molecular weight excluding hydrogens is 391 g/mol. The SMILES string of the molecule is OC(Cn1cncn1)(CC(Cl)(Cl)C(Cl)Cl)c1ccc(Cl)cc1. The highest BCUT2D eigenvalue weighted by Gasteiger charge is 2.43. The maximum atomic E-state index is 11.1. The second kappa shape index (κ2) is 7.12. The quantitative estimate of drug-likeness (QED) is 0.736. The molecule has 4 nitrogen and oxygen atoms in total. The van der Waals surface area contributed by atoms with Crippen LogP contribution in [0, 0.1) is 0 Å². The Labute approximate surface area is 152 Å². The molecule has 0 spiro atoms. The Kier molecular flexibility index (Phi) is 5.86. The summed E-state index contributed by atoms with van der Waals surface area (Å²) < 4.78 is -0.0754. The van der Waals surface area contributed by atoms with Gasteiger partial charge in [0, 0.05) is 11.4 Å². The van der Waals surface area contributed by atoms with E-state index in [1.807, 2.05) is 0 Å². The smallest absolute Gasteiger partial charge is 0.151 e. The highest BCUT2D eigenvalue weighted by Crippen LogP contribution is 2.43. The van der Waals surface area contributed by atoms with Crippen LogP contribution < -0.4 is 0 Å². The van der Waals surface area contributed by atoms with Gasteiger partial charge in [-0.05, 0) is 17.7 Å². The van der Waals surface area contributed by atoms with Crippen LogP contribution in [0.2, 0.25) is 5.02 Å². The molecular formula is C13H12Cl5N3O. The molecule has 22 heavy (non-hydrogen) atoms. The first-order valence-corrected chi connectivity index (χ1v) is 8.20. The minimum atomic E-state index is -1.54. The van der Waals surface area contributed by atoms with Crippen LogP contribution in [0.25, 0.3) is 0 Å². The zero-order valence-corrected chi connectivity index (χ0v) is 14.9. The number of rotatable bonds is 6. The summed E-state index contributed by atoms with van der Waals surface area (Å²) in [5.74, 6) is 0. The predicted octanol–water partition coefficient (Wildman–Crippen LogP) is 4.19. The number of halogens is 5. The summed E-state index contributed by atoms with van der Waals surface area (Å²) >= 11 is 29.8. The minimum absolute atomic E-state index is 0.0797. The van der Waals surface area contributed by atoms with Crippen molar-refractivity contribution in [2.75, 3.05) is 0 Å². The van der Waals surface area contributed by atoms with Crippen molar-refractivity contribution in [3.05, 3.63) is 47.5 Å². The van der Waals surface area contributed by atoms with E-state index >= 15 is 0 Å². The molecule has 0 saturated carbocycles. The van der Waals surface area contributed by atoms with Gasteiger partial charge in [0.2, 0.25) is 0 Å². The van der Waals surface area contributed by atoms with E-state index in [4.69, 9.17) is 58.0 Å². The van der Waals surface area contributed by atoms with Crippen molar-refractivity contribution < 1.29 is 5.11 Å². The van der Waals surface area contributed by atoms with Crippen LogP contribution in [0.15, 0.2) is 36.9 Å². The zero-order valence-electron chi connectivity index (χ0n) is 11.1. The fraction of sp³-hybridized carbons (Fsp3) is 0.385. The van der Waals surface area contributed by atoms with Crippen molar-refractivity contribution in [1.29, 1.82) is 0 Å². The first kappa shape index (κ1) is 18.1. The lowest BCUT2D eigenvalue weighted by Crippen LogP contribution is -2.40. The van der Waals surface area contributed by atoms with Crippen LogP contribution in [0.3, 0.4) is 0 Å². The van der Waals surface area contributed by atoms with Crippen LogP contribution >= 0.6 is 58.0 Å². The van der Waals surface area contributed by atoms with Gasteiger partial charge < -0.3 is 5.11 Å². The molecule has 0 radical (unpaired) electrons. The van der Waals surface area contributed by atoms with Gasteiger partial charge in [-0.1, -0.05) is 46.9 Å². The molecule has 9 heteroatoms. The average molecular weight is 404 g/mol. The summed E-state index contributed by atoms with van der Waals surface area (Å²) in [7, 11) is 0. The molecule has 1 N–H and O–H groups in total. The molecule has 2 rings (SSSR count). The summed E-state index contributed by atoms with van der Waals surface area (Å²) in [5, 5.41) is 15.6. The highest BCUT2D eigenvalue weighted by atomic mass is 35.5. The van der Waals surface area contributed by atoms with E-state index in [1.165, 1.54) is 17.3 Å². The Balaban J connectivity index is 2.37. The van der Waals surface area contributed by atoms with Gasteiger partial charge >= 0.3 is 0 Å². The molecule has 0 amide bonds. The summed E-state index contributed by atoms with van der Waals surface area (Å²) in [6, 6.07) is 6.68. The Morgan fingerprint density at radius 2 is 1.82 bits per heavy atom. The molecule has 1 unspecified atom stereocenters. The van der Waals surface area contributed by atoms with Gasteiger partial charge in [0.25, 0.3) is 0 Å². The number of alkyl halides is 4. The summed E-state index contributed by atoms with van der Waals surface area (Å²) in [5.41, 5.74) is -0.892. The molecule has 1 aromatic carbocycles. The number of aliphatic hydroxyl groups is 1. The van der Waals surface area contributed by atoms with Crippen LogP contribution in [0.5, 0.6) is 0 Å². The van der Waals surface area contributed by atoms with Crippen molar-refractivity contribution in [1.82, 2.24) is 14.8 Å². The topological polar surface area (TPSA) is 50.9 Å². The fourth-order valence-electron chi connectivity index (χ4n) is 2.06. The molecule has 0 aliphatic heterocycles. The molecule has 1 aromatic heterocycles. The molecule has 0 saturated heterocycles. The minimum Gasteiger partial charge on any atom is -0.383 e. The van der Waals surface area contributed by atoms with Gasteiger partial charge in [0.15, 0.2) is 4.33 Å². The number of aromatic nitrogens is 3. The molecule has 0 aliphatic carbocycles. The van der Waals surface area contributed by atoms with E-state index in [-0.39, 0.29) is 13.0 Å². The Hall–Kier alpha value is -0.230. The van der Waals surface area contributed by atoms with Crippen molar-refractivity contribution in [2.45, 2.75) is 27.7 Å². The monoisotopic (exact) mass is 401 g/mol. The summed E-state index contributed by atoms with van der Waals surface area (Å²) in [6.45, 7) is 0.0797. The van der Waals surface area contributed by atoms with Crippen molar-refractivity contribution in [2.24, 2.45) is 0 Å². The highest BCUT2D eigenvalue weighted by molar-refractivity contribution is 6.59. The van der Waals surface area contributed by atoms with Crippen LogP contribution in [0.4, 0.5) is 0 Å². The standard InChI is InChI=1S/C13H12Cl5N3O/c14-10-3-1-9(2-4-10)12(22,5-13(17,18)11(15)16)6-21-8-19-7-20-21/h1-4,7-8,11,22H,5-6H2. The normalized spacial score (nSPS) is 15.0. The fourth-order valence-corrected chi connectivity index (χ4v) is 2.78. The zero-order chi connectivity index (χ0) is 16.4. The van der Waals surface area contributed by atoms with Crippen molar-refractivity contribution in [3.8, 4) is 0 Å². The maximum Gasteiger partial charge on any atom is 0.151 e. The van der Waals surface area contributed by atoms with E-state index in [0.717, 1.165) is 0 Å². The largest absolute Gasteiger partial charge is 0.383 e. The molecule has 1 atom stereocenters. The van der Waals surface area contributed by atoms with Crippen LogP contribution in [0.1, 0.15) is 12.0 Å². The van der Waals surface area contributed by atoms with Gasteiger partial charge in [-0.15, -0.1) is 23.2 Å². The van der Waals surface area contributed by atoms with E-state index < -0.39 is 14.8 Å². The summed E-state index contributed by atoms with van der Waals surface area (Å²) in [6.07, 6.45) is 2.73. The second-order valence-corrected chi connectivity index (χ2v) is 7.95. The number of nitrogens with zero attached hydrogens (tertiary/aromatic N) is 3. The maximum absolute atomic E-state index is 11.1. The third-order valence-corrected chi connectivity index (χ3v) is 5.27. The van der Waals surface area contributed by atoms with Gasteiger partial charge in [-0.2, -0.15) is 5.10 Å². The first-order chi connectivity index (χ1) is 10.2. The van der Waals surface area contributed by atoms with Gasteiger partial charge in [-0.25, -0.2) is 9.67 Å². The third-order valence-electron chi connectivity index (χ3n) is 3.12. The Morgan fingerprint density at radius 3 is 2.32 bits per heavy atom. The lowest BCUT2D eigenvalue weighted by molar-refractivity contribution is 0.00319. The Morgan fingerprint density at radius 1 is 1.18 bits per heavy atom. The van der Waals surface area contributed by atoms with E-state index in [1.54, 1.807) is 24.3 Å². The number of hydrogen-bond donors (Lipinski definition) is 1. The van der Waals surface area contributed by atoms with Gasteiger partial charge in [0.1, 0.15) is 23.1 Å². The third kappa shape index (κ3) is 4.40. The molecule has 2 aromatic rings. The Bertz CT molecular complexity index is 603. The molecule has 1 heterocycles. The molecule has 0 fully saturated rings. The number of hydrogen-bond acceptors (Lipinski definition) is 3. The van der Waals surface area contributed by atoms with Crippen LogP contribution in [-0.2, 0) is 12.1 Å². The number of benzene rings is 1. The molecule has 120 valence electrons. The van der Waals surface area contributed by atoms with Crippen molar-refractivity contribution in [3.63, 3.8) is 0 Å². The van der Waals surface area contributed by atoms with E-state index in [9.17, 15) is 5.11 Å². The second-order valence-electron chi connectivity index (χ2n) is 4.87. The lowest BCUT2D eigenvalue weighted by atomic mass is 9.89. The summed E-state index contributed by atoms with van der Waals surface area (Å²) in [4.78, 5) is 2.77. The van der Waals surface area contributed by atoms with Gasteiger partial charge in [-0.3, -0.25) is 0 Å². The molecule has 0 bridgehead atoms.